The van der Waals surface area contributed by atoms with Crippen molar-refractivity contribution in [2.24, 2.45) is 0 Å². The first kappa shape index (κ1) is 14.9. The summed E-state index contributed by atoms with van der Waals surface area (Å²) in [5, 5.41) is 10.5. The predicted octanol–water partition coefficient (Wildman–Crippen LogP) is 2.84. The molecule has 0 unspecified atom stereocenters. The molecule has 0 spiro atoms. The highest BCUT2D eigenvalue weighted by Gasteiger charge is 2.20. The highest BCUT2D eigenvalue weighted by Crippen LogP contribution is 2.22. The Balaban J connectivity index is 2.33. The average molecular weight is 310 g/mol. The molecule has 0 heterocycles. The number of hydrogen-bond acceptors (Lipinski definition) is 4. The van der Waals surface area contributed by atoms with Gasteiger partial charge < -0.3 is 0 Å². The van der Waals surface area contributed by atoms with Crippen molar-refractivity contribution in [3.8, 4) is 0 Å². The number of benzene rings is 2. The zero-order chi connectivity index (χ0) is 15.6. The van der Waals surface area contributed by atoms with Crippen LogP contribution in [-0.4, -0.2) is 13.3 Å². The molecule has 6 nitrogen and oxygen atoms in total. The quantitative estimate of drug-likeness (QED) is 0.694. The lowest BCUT2D eigenvalue weighted by molar-refractivity contribution is -0.387. The van der Waals surface area contributed by atoms with Crippen LogP contribution in [0.15, 0.2) is 47.4 Å². The highest BCUT2D eigenvalue weighted by molar-refractivity contribution is 7.92. The van der Waals surface area contributed by atoms with Gasteiger partial charge in [0.15, 0.2) is 0 Å². The van der Waals surface area contributed by atoms with E-state index in [-0.39, 0.29) is 4.90 Å². The van der Waals surface area contributed by atoms with Crippen LogP contribution in [0.1, 0.15) is 5.56 Å². The van der Waals surface area contributed by atoms with E-state index in [1.54, 1.807) is 24.3 Å². The molecule has 2 aromatic carbocycles. The van der Waals surface area contributed by atoms with E-state index in [0.29, 0.717) is 11.8 Å². The van der Waals surface area contributed by atoms with E-state index >= 15 is 0 Å². The minimum atomic E-state index is -4.00. The van der Waals surface area contributed by atoms with Crippen LogP contribution < -0.4 is 4.72 Å². The first-order chi connectivity index (χ1) is 9.79. The zero-order valence-corrected chi connectivity index (χ0v) is 11.7. The lowest BCUT2D eigenvalue weighted by atomic mass is 10.2. The lowest BCUT2D eigenvalue weighted by Gasteiger charge is -2.08. The van der Waals surface area contributed by atoms with Crippen LogP contribution in [0.25, 0.3) is 0 Å². The number of aryl methyl sites for hydroxylation is 1. The summed E-state index contributed by atoms with van der Waals surface area (Å²) in [7, 11) is -4.00. The molecule has 21 heavy (non-hydrogen) atoms. The third kappa shape index (κ3) is 3.34. The molecule has 0 aliphatic heterocycles. The Morgan fingerprint density at radius 3 is 2.29 bits per heavy atom. The first-order valence-electron chi connectivity index (χ1n) is 5.83. The van der Waals surface area contributed by atoms with Gasteiger partial charge in [-0.2, -0.15) is 4.39 Å². The molecular weight excluding hydrogens is 299 g/mol. The van der Waals surface area contributed by atoms with Gasteiger partial charge in [0.1, 0.15) is 0 Å². The van der Waals surface area contributed by atoms with E-state index in [1.165, 1.54) is 0 Å². The largest absolute Gasteiger partial charge is 0.304 e. The summed E-state index contributed by atoms with van der Waals surface area (Å²) in [6, 6.07) is 8.98. The number of rotatable bonds is 4. The van der Waals surface area contributed by atoms with Crippen LogP contribution in [0.5, 0.6) is 0 Å². The van der Waals surface area contributed by atoms with E-state index < -0.39 is 26.5 Å². The van der Waals surface area contributed by atoms with Gasteiger partial charge in [-0.25, -0.2) is 8.42 Å². The number of nitrogens with zero attached hydrogens (tertiary/aromatic N) is 1. The molecule has 2 aromatic rings. The minimum Gasteiger partial charge on any atom is -0.280 e. The zero-order valence-electron chi connectivity index (χ0n) is 10.9. The lowest BCUT2D eigenvalue weighted by Crippen LogP contribution is -2.13. The molecule has 0 atom stereocenters. The van der Waals surface area contributed by atoms with Crippen molar-refractivity contribution in [1.82, 2.24) is 0 Å². The van der Waals surface area contributed by atoms with Crippen molar-refractivity contribution in [2.45, 2.75) is 11.8 Å². The molecule has 0 radical (unpaired) electrons. The Kier molecular flexibility index (Phi) is 3.90. The molecule has 110 valence electrons. The molecular formula is C13H11FN2O4S. The molecule has 0 aliphatic rings. The normalized spacial score (nSPS) is 11.1. The average Bonchev–Trinajstić information content (AvgIpc) is 2.40. The van der Waals surface area contributed by atoms with E-state index in [0.717, 1.165) is 17.7 Å². The van der Waals surface area contributed by atoms with Crippen LogP contribution in [0.2, 0.25) is 0 Å². The summed E-state index contributed by atoms with van der Waals surface area (Å²) in [4.78, 5) is 9.21. The minimum absolute atomic E-state index is 0.319. The molecule has 0 aromatic heterocycles. The highest BCUT2D eigenvalue weighted by atomic mass is 32.2. The van der Waals surface area contributed by atoms with Gasteiger partial charge >= 0.3 is 5.69 Å². The fraction of sp³-hybridized carbons (Fsp3) is 0.0769. The molecule has 0 aliphatic carbocycles. The Morgan fingerprint density at radius 1 is 1.14 bits per heavy atom. The molecule has 0 amide bonds. The van der Waals surface area contributed by atoms with Gasteiger partial charge in [0, 0.05) is 17.8 Å². The maximum absolute atomic E-state index is 13.5. The topological polar surface area (TPSA) is 89.3 Å². The number of anilines is 1. The summed E-state index contributed by atoms with van der Waals surface area (Å²) in [6.45, 7) is 1.85. The van der Waals surface area contributed by atoms with Gasteiger partial charge in [-0.1, -0.05) is 17.7 Å². The second-order valence-electron chi connectivity index (χ2n) is 4.34. The molecule has 0 bridgehead atoms. The number of sulfonamides is 1. The molecule has 8 heteroatoms. The van der Waals surface area contributed by atoms with Gasteiger partial charge in [-0.15, -0.1) is 0 Å². The van der Waals surface area contributed by atoms with E-state index in [1.807, 2.05) is 6.92 Å². The third-order valence-corrected chi connectivity index (χ3v) is 4.11. The summed E-state index contributed by atoms with van der Waals surface area (Å²) >= 11 is 0. The van der Waals surface area contributed by atoms with E-state index in [2.05, 4.69) is 4.72 Å². The summed E-state index contributed by atoms with van der Waals surface area (Å²) in [5.41, 5.74) is 0.503. The van der Waals surface area contributed by atoms with Gasteiger partial charge in [0.25, 0.3) is 10.0 Å². The smallest absolute Gasteiger partial charge is 0.280 e. The Bertz CT molecular complexity index is 788. The fourth-order valence-electron chi connectivity index (χ4n) is 1.64. The van der Waals surface area contributed by atoms with E-state index in [9.17, 15) is 22.9 Å². The summed E-state index contributed by atoms with van der Waals surface area (Å²) in [5.74, 6) is -1.20. The van der Waals surface area contributed by atoms with Gasteiger partial charge in [0.05, 0.1) is 9.82 Å². The maximum Gasteiger partial charge on any atom is 0.304 e. The number of hydrogen-bond donors (Lipinski definition) is 1. The molecule has 0 saturated heterocycles. The number of nitrogens with one attached hydrogen (secondary N) is 1. The molecule has 2 rings (SSSR count). The van der Waals surface area contributed by atoms with Crippen molar-refractivity contribution >= 4 is 21.4 Å². The Hall–Kier alpha value is -2.48. The van der Waals surface area contributed by atoms with Gasteiger partial charge in [-0.05, 0) is 25.1 Å². The third-order valence-electron chi connectivity index (χ3n) is 2.73. The van der Waals surface area contributed by atoms with Gasteiger partial charge in [0.2, 0.25) is 5.82 Å². The second-order valence-corrected chi connectivity index (χ2v) is 6.02. The second kappa shape index (κ2) is 5.49. The monoisotopic (exact) mass is 310 g/mol. The van der Waals surface area contributed by atoms with Crippen LogP contribution >= 0.6 is 0 Å². The SMILES string of the molecule is Cc1ccc(NS(=O)(=O)c2ccc([N+](=O)[O-])c(F)c2)cc1. The first-order valence-corrected chi connectivity index (χ1v) is 7.31. The van der Waals surface area contributed by atoms with Crippen molar-refractivity contribution in [3.63, 3.8) is 0 Å². The van der Waals surface area contributed by atoms with Crippen molar-refractivity contribution < 1.29 is 17.7 Å². The molecule has 0 saturated carbocycles. The molecule has 0 fully saturated rings. The van der Waals surface area contributed by atoms with Crippen molar-refractivity contribution in [1.29, 1.82) is 0 Å². The number of nitro benzene ring substituents is 1. The van der Waals surface area contributed by atoms with E-state index in [4.69, 9.17) is 0 Å². The van der Waals surface area contributed by atoms with Crippen molar-refractivity contribution in [2.75, 3.05) is 4.72 Å². The Labute approximate surface area is 120 Å². The molecule has 1 N–H and O–H groups in total. The van der Waals surface area contributed by atoms with Crippen LogP contribution in [0.3, 0.4) is 0 Å². The number of nitro groups is 1. The predicted molar refractivity (Wildman–Crippen MR) is 75.0 cm³/mol. The standard InChI is InChI=1S/C13H11FN2O4S/c1-9-2-4-10(5-3-9)15-21(19,20)11-6-7-13(16(17)18)12(14)8-11/h2-8,15H,1H3. The van der Waals surface area contributed by atoms with Crippen LogP contribution in [0.4, 0.5) is 15.8 Å². The maximum atomic E-state index is 13.5. The van der Waals surface area contributed by atoms with Gasteiger partial charge in [-0.3, -0.25) is 14.8 Å². The number of halogens is 1. The van der Waals surface area contributed by atoms with Crippen molar-refractivity contribution in [3.05, 3.63) is 64.0 Å². The van der Waals surface area contributed by atoms with Crippen LogP contribution in [-0.2, 0) is 10.0 Å². The summed E-state index contributed by atoms with van der Waals surface area (Å²) in [6.07, 6.45) is 0. The Morgan fingerprint density at radius 2 is 1.76 bits per heavy atom. The summed E-state index contributed by atoms with van der Waals surface area (Å²) < 4.78 is 39.9. The fourth-order valence-corrected chi connectivity index (χ4v) is 2.71. The van der Waals surface area contributed by atoms with Crippen LogP contribution in [0, 0.1) is 22.9 Å².